The molecule has 6 nitrogen and oxygen atoms in total. The summed E-state index contributed by atoms with van der Waals surface area (Å²) in [5.41, 5.74) is 2.00. The zero-order valence-corrected chi connectivity index (χ0v) is 14.5. The van der Waals surface area contributed by atoms with Gasteiger partial charge in [0, 0.05) is 37.9 Å². The average molecular weight is 355 g/mol. The molecule has 0 unspecified atom stereocenters. The maximum Gasteiger partial charge on any atom is 0.227 e. The fraction of sp³-hybridized carbons (Fsp3) is 0.421. The topological polar surface area (TPSA) is 70.2 Å². The van der Waals surface area contributed by atoms with Crippen LogP contribution in [-0.4, -0.2) is 35.5 Å². The van der Waals surface area contributed by atoms with Gasteiger partial charge in [0.15, 0.2) is 0 Å². The molecule has 0 spiro atoms. The first kappa shape index (κ1) is 16.9. The van der Waals surface area contributed by atoms with E-state index in [1.165, 1.54) is 0 Å². The monoisotopic (exact) mass is 355 g/mol. The molecule has 26 heavy (non-hydrogen) atoms. The van der Waals surface area contributed by atoms with E-state index in [4.69, 9.17) is 0 Å². The standard InChI is InChI=1S/C19H22FN5O/c20-18-15-3-6-21-11-14(15)1-2-16(18)24-19(26)13-4-9-25(10-5-13)17-12-22-7-8-23-17/h1-2,7-8,12-13,21H,3-6,9-11H2,(H,24,26). The molecule has 0 bridgehead atoms. The van der Waals surface area contributed by atoms with Crippen molar-refractivity contribution in [2.75, 3.05) is 29.9 Å². The number of carbonyl (C=O) groups excluding carboxylic acids is 1. The van der Waals surface area contributed by atoms with Gasteiger partial charge in [-0.3, -0.25) is 9.78 Å². The van der Waals surface area contributed by atoms with E-state index in [0.717, 1.165) is 49.4 Å². The summed E-state index contributed by atoms with van der Waals surface area (Å²) in [5.74, 6) is 0.339. The van der Waals surface area contributed by atoms with Crippen molar-refractivity contribution in [1.29, 1.82) is 0 Å². The number of amides is 1. The second kappa shape index (κ2) is 7.37. The van der Waals surface area contributed by atoms with Crippen LogP contribution in [0.15, 0.2) is 30.7 Å². The van der Waals surface area contributed by atoms with Crippen molar-refractivity contribution >= 4 is 17.4 Å². The first-order chi connectivity index (χ1) is 12.7. The normalized spacial score (nSPS) is 17.7. The number of piperidine rings is 1. The lowest BCUT2D eigenvalue weighted by Crippen LogP contribution is -2.38. The molecule has 1 fully saturated rings. The maximum atomic E-state index is 14.7. The second-order valence-corrected chi connectivity index (χ2v) is 6.81. The fourth-order valence-corrected chi connectivity index (χ4v) is 3.69. The fourth-order valence-electron chi connectivity index (χ4n) is 3.69. The summed E-state index contributed by atoms with van der Waals surface area (Å²) in [6, 6.07) is 3.57. The highest BCUT2D eigenvalue weighted by atomic mass is 19.1. The average Bonchev–Trinajstić information content (AvgIpc) is 2.71. The largest absolute Gasteiger partial charge is 0.355 e. The minimum absolute atomic E-state index is 0.100. The van der Waals surface area contributed by atoms with Crippen LogP contribution in [0.2, 0.25) is 0 Å². The molecule has 1 saturated heterocycles. The molecular formula is C19H22FN5O. The summed E-state index contributed by atoms with van der Waals surface area (Å²) in [4.78, 5) is 23.1. The molecule has 7 heteroatoms. The van der Waals surface area contributed by atoms with E-state index in [-0.39, 0.29) is 17.6 Å². The van der Waals surface area contributed by atoms with Crippen molar-refractivity contribution in [3.8, 4) is 0 Å². The number of nitrogens with one attached hydrogen (secondary N) is 2. The third kappa shape index (κ3) is 3.39. The quantitative estimate of drug-likeness (QED) is 0.883. The van der Waals surface area contributed by atoms with Crippen LogP contribution in [0.3, 0.4) is 0 Å². The first-order valence-corrected chi connectivity index (χ1v) is 9.05. The number of benzene rings is 1. The van der Waals surface area contributed by atoms with E-state index >= 15 is 0 Å². The van der Waals surface area contributed by atoms with E-state index in [1.807, 2.05) is 6.07 Å². The van der Waals surface area contributed by atoms with Crippen molar-refractivity contribution in [2.24, 2.45) is 5.92 Å². The van der Waals surface area contributed by atoms with Crippen molar-refractivity contribution in [3.05, 3.63) is 47.7 Å². The minimum atomic E-state index is -0.283. The Morgan fingerprint density at radius 1 is 1.27 bits per heavy atom. The van der Waals surface area contributed by atoms with Gasteiger partial charge < -0.3 is 15.5 Å². The van der Waals surface area contributed by atoms with Gasteiger partial charge in [0.05, 0.1) is 11.9 Å². The van der Waals surface area contributed by atoms with Gasteiger partial charge in [0.1, 0.15) is 11.6 Å². The van der Waals surface area contributed by atoms with E-state index in [2.05, 4.69) is 25.5 Å². The molecule has 136 valence electrons. The number of hydrogen-bond donors (Lipinski definition) is 2. The molecule has 2 aliphatic heterocycles. The lowest BCUT2D eigenvalue weighted by atomic mass is 9.95. The van der Waals surface area contributed by atoms with Crippen LogP contribution in [-0.2, 0) is 17.8 Å². The molecule has 1 aromatic heterocycles. The third-order valence-corrected chi connectivity index (χ3v) is 5.20. The Morgan fingerprint density at radius 3 is 2.88 bits per heavy atom. The number of fused-ring (bicyclic) bond motifs is 1. The van der Waals surface area contributed by atoms with Gasteiger partial charge in [-0.2, -0.15) is 0 Å². The minimum Gasteiger partial charge on any atom is -0.355 e. The van der Waals surface area contributed by atoms with E-state index in [0.29, 0.717) is 18.7 Å². The number of nitrogens with zero attached hydrogens (tertiary/aromatic N) is 3. The Hall–Kier alpha value is -2.54. The number of anilines is 2. The van der Waals surface area contributed by atoms with Gasteiger partial charge in [-0.05, 0) is 43.0 Å². The molecule has 0 saturated carbocycles. The van der Waals surface area contributed by atoms with Crippen LogP contribution >= 0.6 is 0 Å². The molecule has 1 amide bonds. The summed E-state index contributed by atoms with van der Waals surface area (Å²) in [6.07, 6.45) is 7.15. The Morgan fingerprint density at radius 2 is 2.12 bits per heavy atom. The summed E-state index contributed by atoms with van der Waals surface area (Å²) in [7, 11) is 0. The van der Waals surface area contributed by atoms with Crippen LogP contribution in [0.4, 0.5) is 15.9 Å². The summed E-state index contributed by atoms with van der Waals surface area (Å²) < 4.78 is 14.7. The van der Waals surface area contributed by atoms with Gasteiger partial charge >= 0.3 is 0 Å². The zero-order valence-electron chi connectivity index (χ0n) is 14.5. The SMILES string of the molecule is O=C(Nc1ccc2c(c1F)CCNC2)C1CCN(c2cnccn2)CC1. The molecule has 2 aromatic rings. The number of rotatable bonds is 3. The van der Waals surface area contributed by atoms with Crippen LogP contribution in [0.1, 0.15) is 24.0 Å². The van der Waals surface area contributed by atoms with Gasteiger partial charge in [-0.1, -0.05) is 6.07 Å². The number of halogens is 1. The van der Waals surface area contributed by atoms with Gasteiger partial charge in [-0.25, -0.2) is 9.37 Å². The van der Waals surface area contributed by atoms with Gasteiger partial charge in [-0.15, -0.1) is 0 Å². The number of hydrogen-bond acceptors (Lipinski definition) is 5. The van der Waals surface area contributed by atoms with Crippen LogP contribution in [0.5, 0.6) is 0 Å². The van der Waals surface area contributed by atoms with Crippen LogP contribution in [0, 0.1) is 11.7 Å². The second-order valence-electron chi connectivity index (χ2n) is 6.81. The summed E-state index contributed by atoms with van der Waals surface area (Å²) in [5, 5.41) is 6.03. The van der Waals surface area contributed by atoms with Crippen molar-refractivity contribution in [2.45, 2.75) is 25.8 Å². The maximum absolute atomic E-state index is 14.7. The highest BCUT2D eigenvalue weighted by molar-refractivity contribution is 5.93. The predicted molar refractivity (Wildman–Crippen MR) is 97.4 cm³/mol. The lowest BCUT2D eigenvalue weighted by Gasteiger charge is -2.32. The van der Waals surface area contributed by atoms with E-state index < -0.39 is 0 Å². The smallest absolute Gasteiger partial charge is 0.227 e. The molecule has 0 aliphatic carbocycles. The number of carbonyl (C=O) groups is 1. The Bertz CT molecular complexity index is 790. The predicted octanol–water partition coefficient (Wildman–Crippen LogP) is 2.12. The molecular weight excluding hydrogens is 333 g/mol. The molecule has 1 aromatic carbocycles. The molecule has 3 heterocycles. The zero-order chi connectivity index (χ0) is 17.9. The van der Waals surface area contributed by atoms with Crippen molar-refractivity contribution in [3.63, 3.8) is 0 Å². The van der Waals surface area contributed by atoms with Crippen molar-refractivity contribution < 1.29 is 9.18 Å². The summed E-state index contributed by atoms with van der Waals surface area (Å²) >= 11 is 0. The Balaban J connectivity index is 1.39. The third-order valence-electron chi connectivity index (χ3n) is 5.20. The van der Waals surface area contributed by atoms with Gasteiger partial charge in [0.2, 0.25) is 5.91 Å². The molecule has 2 N–H and O–H groups in total. The molecule has 2 aliphatic rings. The van der Waals surface area contributed by atoms with E-state index in [9.17, 15) is 9.18 Å². The Labute approximate surface area is 151 Å². The summed E-state index contributed by atoms with van der Waals surface area (Å²) in [6.45, 7) is 2.94. The highest BCUT2D eigenvalue weighted by Gasteiger charge is 2.27. The molecule has 0 radical (unpaired) electrons. The molecule has 0 atom stereocenters. The lowest BCUT2D eigenvalue weighted by molar-refractivity contribution is -0.120. The number of aromatic nitrogens is 2. The van der Waals surface area contributed by atoms with Crippen molar-refractivity contribution in [1.82, 2.24) is 15.3 Å². The molecule has 4 rings (SSSR count). The Kier molecular flexibility index (Phi) is 4.79. The van der Waals surface area contributed by atoms with Crippen LogP contribution < -0.4 is 15.5 Å². The highest BCUT2D eigenvalue weighted by Crippen LogP contribution is 2.27. The first-order valence-electron chi connectivity index (χ1n) is 9.05. The van der Waals surface area contributed by atoms with Crippen LogP contribution in [0.25, 0.3) is 0 Å². The van der Waals surface area contributed by atoms with Gasteiger partial charge in [0.25, 0.3) is 0 Å². The van der Waals surface area contributed by atoms with E-state index in [1.54, 1.807) is 24.7 Å².